The zero-order valence-corrected chi connectivity index (χ0v) is 10.9. The largest absolute Gasteiger partial charge is 0.496 e. The van der Waals surface area contributed by atoms with Crippen molar-refractivity contribution >= 4 is 16.7 Å². The second kappa shape index (κ2) is 5.08. The molecule has 0 N–H and O–H groups in total. The maximum absolute atomic E-state index is 11.4. The van der Waals surface area contributed by atoms with Gasteiger partial charge in [0.05, 0.1) is 7.11 Å². The fourth-order valence-corrected chi connectivity index (χ4v) is 2.02. The van der Waals surface area contributed by atoms with Gasteiger partial charge in [0.15, 0.2) is 0 Å². The molecule has 3 nitrogen and oxygen atoms in total. The Balaban J connectivity index is 2.54. The van der Waals surface area contributed by atoms with E-state index in [1.807, 2.05) is 24.3 Å². The van der Waals surface area contributed by atoms with Crippen LogP contribution in [0, 0.1) is 0 Å². The van der Waals surface area contributed by atoms with Gasteiger partial charge in [0, 0.05) is 26.1 Å². The van der Waals surface area contributed by atoms with E-state index in [1.54, 1.807) is 26.0 Å². The fourth-order valence-electron chi connectivity index (χ4n) is 2.02. The molecule has 0 aliphatic heterocycles. The molecule has 0 saturated carbocycles. The number of methoxy groups -OCH3 is 1. The Morgan fingerprint density at radius 1 is 1.22 bits per heavy atom. The number of ether oxygens (including phenoxy) is 1. The number of rotatable bonds is 3. The van der Waals surface area contributed by atoms with Crippen molar-refractivity contribution in [2.75, 3.05) is 14.2 Å². The van der Waals surface area contributed by atoms with Gasteiger partial charge in [0.2, 0.25) is 5.91 Å². The van der Waals surface area contributed by atoms with Gasteiger partial charge in [-0.2, -0.15) is 0 Å². The number of hydrogen-bond acceptors (Lipinski definition) is 2. The summed E-state index contributed by atoms with van der Waals surface area (Å²) in [5, 5.41) is 2.29. The van der Waals surface area contributed by atoms with Gasteiger partial charge >= 0.3 is 0 Å². The molecule has 0 saturated heterocycles. The highest BCUT2D eigenvalue weighted by Crippen LogP contribution is 2.28. The van der Waals surface area contributed by atoms with Crippen LogP contribution in [-0.2, 0) is 11.3 Å². The van der Waals surface area contributed by atoms with Gasteiger partial charge < -0.3 is 9.64 Å². The molecule has 3 heteroatoms. The summed E-state index contributed by atoms with van der Waals surface area (Å²) >= 11 is 0. The third kappa shape index (κ3) is 2.30. The van der Waals surface area contributed by atoms with E-state index in [1.165, 1.54) is 0 Å². The predicted molar refractivity (Wildman–Crippen MR) is 72.6 cm³/mol. The first kappa shape index (κ1) is 12.4. The molecular formula is C15H17NO2. The van der Waals surface area contributed by atoms with E-state index >= 15 is 0 Å². The van der Waals surface area contributed by atoms with Crippen molar-refractivity contribution in [3.8, 4) is 5.75 Å². The number of nitrogens with zero attached hydrogens (tertiary/aromatic N) is 1. The Bertz CT molecular complexity index is 578. The van der Waals surface area contributed by atoms with Gasteiger partial charge in [0.1, 0.15) is 5.75 Å². The highest BCUT2D eigenvalue weighted by atomic mass is 16.5. The van der Waals surface area contributed by atoms with Crippen molar-refractivity contribution in [3.63, 3.8) is 0 Å². The Morgan fingerprint density at radius 3 is 2.61 bits per heavy atom. The Morgan fingerprint density at radius 2 is 1.94 bits per heavy atom. The molecule has 1 amide bonds. The highest BCUT2D eigenvalue weighted by Gasteiger charge is 2.11. The standard InChI is InChI=1S/C15H17NO2/c1-11(17)16(2)10-14-13-7-5-4-6-12(13)8-9-15(14)18-3/h4-9H,10H2,1-3H3. The molecule has 0 fully saturated rings. The van der Waals surface area contributed by atoms with Crippen molar-refractivity contribution in [2.24, 2.45) is 0 Å². The summed E-state index contributed by atoms with van der Waals surface area (Å²) in [4.78, 5) is 13.1. The third-order valence-electron chi connectivity index (χ3n) is 3.15. The van der Waals surface area contributed by atoms with Crippen LogP contribution < -0.4 is 4.74 Å². The summed E-state index contributed by atoms with van der Waals surface area (Å²) < 4.78 is 5.40. The van der Waals surface area contributed by atoms with Gasteiger partial charge in [-0.25, -0.2) is 0 Å². The molecule has 0 radical (unpaired) electrons. The van der Waals surface area contributed by atoms with Crippen LogP contribution in [0.3, 0.4) is 0 Å². The molecule has 18 heavy (non-hydrogen) atoms. The fraction of sp³-hybridized carbons (Fsp3) is 0.267. The van der Waals surface area contributed by atoms with Crippen LogP contribution >= 0.6 is 0 Å². The summed E-state index contributed by atoms with van der Waals surface area (Å²) in [5.41, 5.74) is 1.05. The third-order valence-corrected chi connectivity index (χ3v) is 3.15. The molecule has 0 aromatic heterocycles. The quantitative estimate of drug-likeness (QED) is 0.829. The van der Waals surface area contributed by atoms with Crippen molar-refractivity contribution in [2.45, 2.75) is 13.5 Å². The Hall–Kier alpha value is -2.03. The second-order valence-corrected chi connectivity index (χ2v) is 4.34. The van der Waals surface area contributed by atoms with E-state index < -0.39 is 0 Å². The van der Waals surface area contributed by atoms with E-state index in [2.05, 4.69) is 12.1 Å². The van der Waals surface area contributed by atoms with Crippen LogP contribution in [-0.4, -0.2) is 25.0 Å². The lowest BCUT2D eigenvalue weighted by Crippen LogP contribution is -2.23. The summed E-state index contributed by atoms with van der Waals surface area (Å²) in [7, 11) is 3.45. The topological polar surface area (TPSA) is 29.5 Å². The molecule has 2 aromatic carbocycles. The number of benzene rings is 2. The van der Waals surface area contributed by atoms with Gasteiger partial charge in [-0.1, -0.05) is 30.3 Å². The summed E-state index contributed by atoms with van der Waals surface area (Å²) in [5.74, 6) is 0.867. The molecule has 0 bridgehead atoms. The van der Waals surface area contributed by atoms with Crippen LogP contribution in [0.5, 0.6) is 5.75 Å². The lowest BCUT2D eigenvalue weighted by atomic mass is 10.0. The zero-order valence-electron chi connectivity index (χ0n) is 10.9. The Kier molecular flexibility index (Phi) is 3.51. The molecule has 2 rings (SSSR count). The normalized spacial score (nSPS) is 10.4. The van der Waals surface area contributed by atoms with Gasteiger partial charge in [0.25, 0.3) is 0 Å². The van der Waals surface area contributed by atoms with Crippen LogP contribution in [0.25, 0.3) is 10.8 Å². The van der Waals surface area contributed by atoms with Gasteiger partial charge in [-0.05, 0) is 16.8 Å². The first-order chi connectivity index (χ1) is 8.63. The highest BCUT2D eigenvalue weighted by molar-refractivity contribution is 5.88. The first-order valence-corrected chi connectivity index (χ1v) is 5.90. The van der Waals surface area contributed by atoms with Crippen molar-refractivity contribution in [3.05, 3.63) is 42.0 Å². The minimum absolute atomic E-state index is 0.0463. The van der Waals surface area contributed by atoms with Crippen LogP contribution in [0.4, 0.5) is 0 Å². The summed E-state index contributed by atoms with van der Waals surface area (Å²) in [6.45, 7) is 2.12. The monoisotopic (exact) mass is 243 g/mol. The molecule has 94 valence electrons. The number of amides is 1. The first-order valence-electron chi connectivity index (χ1n) is 5.90. The van der Waals surface area contributed by atoms with Gasteiger partial charge in [-0.3, -0.25) is 4.79 Å². The zero-order chi connectivity index (χ0) is 13.1. The SMILES string of the molecule is COc1ccc2ccccc2c1CN(C)C(C)=O. The van der Waals surface area contributed by atoms with Crippen molar-refractivity contribution in [1.29, 1.82) is 0 Å². The molecule has 0 aliphatic carbocycles. The number of hydrogen-bond donors (Lipinski definition) is 0. The minimum atomic E-state index is 0.0463. The van der Waals surface area contributed by atoms with E-state index in [9.17, 15) is 4.79 Å². The maximum Gasteiger partial charge on any atom is 0.219 e. The van der Waals surface area contributed by atoms with E-state index in [0.29, 0.717) is 6.54 Å². The molecule has 0 aliphatic rings. The molecule has 0 spiro atoms. The molecule has 0 heterocycles. The van der Waals surface area contributed by atoms with Crippen molar-refractivity contribution in [1.82, 2.24) is 4.90 Å². The van der Waals surface area contributed by atoms with E-state index in [0.717, 1.165) is 22.1 Å². The lowest BCUT2D eigenvalue weighted by molar-refractivity contribution is -0.128. The van der Waals surface area contributed by atoms with Crippen LogP contribution in [0.1, 0.15) is 12.5 Å². The molecule has 0 unspecified atom stereocenters. The van der Waals surface area contributed by atoms with E-state index in [-0.39, 0.29) is 5.91 Å². The van der Waals surface area contributed by atoms with E-state index in [4.69, 9.17) is 4.74 Å². The summed E-state index contributed by atoms with van der Waals surface area (Å²) in [6, 6.07) is 12.1. The average Bonchev–Trinajstić information content (AvgIpc) is 2.39. The van der Waals surface area contributed by atoms with Crippen LogP contribution in [0.15, 0.2) is 36.4 Å². The van der Waals surface area contributed by atoms with Crippen LogP contribution in [0.2, 0.25) is 0 Å². The average molecular weight is 243 g/mol. The molecule has 0 atom stereocenters. The molecule has 2 aromatic rings. The maximum atomic E-state index is 11.4. The number of carbonyl (C=O) groups excluding carboxylic acids is 1. The summed E-state index contributed by atoms with van der Waals surface area (Å²) in [6.07, 6.45) is 0. The van der Waals surface area contributed by atoms with Gasteiger partial charge in [-0.15, -0.1) is 0 Å². The lowest BCUT2D eigenvalue weighted by Gasteiger charge is -2.18. The number of fused-ring (bicyclic) bond motifs is 1. The minimum Gasteiger partial charge on any atom is -0.496 e. The van der Waals surface area contributed by atoms with Crippen molar-refractivity contribution < 1.29 is 9.53 Å². The second-order valence-electron chi connectivity index (χ2n) is 4.34. The number of carbonyl (C=O) groups is 1. The predicted octanol–water partition coefficient (Wildman–Crippen LogP) is 2.83. The Labute approximate surface area is 107 Å². The smallest absolute Gasteiger partial charge is 0.219 e. The molecular weight excluding hydrogens is 226 g/mol.